The predicted octanol–water partition coefficient (Wildman–Crippen LogP) is 3.51. The zero-order valence-corrected chi connectivity index (χ0v) is 19.0. The largest absolute Gasteiger partial charge is 0.481 e. The minimum atomic E-state index is -0.803. The molecule has 0 aliphatic heterocycles. The van der Waals surface area contributed by atoms with E-state index in [1.165, 1.54) is 14.2 Å². The van der Waals surface area contributed by atoms with Crippen molar-refractivity contribution in [1.29, 1.82) is 0 Å². The quantitative estimate of drug-likeness (QED) is 0.357. The maximum absolute atomic E-state index is 12.8. The summed E-state index contributed by atoms with van der Waals surface area (Å²) in [6, 6.07) is 10.6. The molecule has 0 unspecified atom stereocenters. The molecule has 3 aromatic rings. The van der Waals surface area contributed by atoms with Crippen molar-refractivity contribution in [3.8, 4) is 5.88 Å². The molecule has 0 aliphatic carbocycles. The van der Waals surface area contributed by atoms with Gasteiger partial charge < -0.3 is 19.8 Å². The van der Waals surface area contributed by atoms with Crippen LogP contribution in [0.5, 0.6) is 5.88 Å². The highest BCUT2D eigenvalue weighted by Gasteiger charge is 2.24. The number of nitrogens with one attached hydrogen (secondary N) is 2. The predicted molar refractivity (Wildman–Crippen MR) is 122 cm³/mol. The number of carbonyl (C=O) groups is 2. The molecule has 0 saturated carbocycles. The lowest BCUT2D eigenvalue weighted by Gasteiger charge is -2.17. The summed E-state index contributed by atoms with van der Waals surface area (Å²) in [4.78, 5) is 32.7. The third kappa shape index (κ3) is 5.52. The molecule has 1 atom stereocenters. The number of aromatic nitrogens is 2. The number of ether oxygens (including phenoxy) is 2. The monoisotopic (exact) mass is 485 g/mol. The molecule has 2 aromatic heterocycles. The number of allylic oxidation sites excluding steroid dienone is 1. The van der Waals surface area contributed by atoms with E-state index in [-0.39, 0.29) is 12.3 Å². The highest BCUT2D eigenvalue weighted by Crippen LogP contribution is 2.27. The van der Waals surface area contributed by atoms with Crippen LogP contribution in [0.15, 0.2) is 53.7 Å². The first kappa shape index (κ1) is 22.6. The van der Waals surface area contributed by atoms with E-state index in [9.17, 15) is 9.59 Å². The van der Waals surface area contributed by atoms with Crippen LogP contribution in [0.2, 0.25) is 0 Å². The fourth-order valence-corrected chi connectivity index (χ4v) is 3.91. The van der Waals surface area contributed by atoms with Crippen molar-refractivity contribution < 1.29 is 19.1 Å². The van der Waals surface area contributed by atoms with Crippen molar-refractivity contribution in [2.45, 2.75) is 25.3 Å². The van der Waals surface area contributed by atoms with Crippen LogP contribution in [-0.2, 0) is 33.6 Å². The summed E-state index contributed by atoms with van der Waals surface area (Å²) in [6.45, 7) is 3.75. The second-order valence-corrected chi connectivity index (χ2v) is 7.80. The zero-order chi connectivity index (χ0) is 22.4. The molecule has 3 rings (SSSR count). The molecule has 0 aliphatic rings. The first-order chi connectivity index (χ1) is 14.9. The zero-order valence-electron chi connectivity index (χ0n) is 17.4. The van der Waals surface area contributed by atoms with Crippen LogP contribution < -0.4 is 10.1 Å². The molecule has 8 heteroatoms. The van der Waals surface area contributed by atoms with Gasteiger partial charge in [-0.3, -0.25) is 4.79 Å². The third-order valence-electron chi connectivity index (χ3n) is 4.84. The molecular formula is C23H24BrN3O4. The number of carbonyl (C=O) groups excluding carboxylic acids is 2. The molecule has 31 heavy (non-hydrogen) atoms. The number of rotatable bonds is 9. The van der Waals surface area contributed by atoms with E-state index in [4.69, 9.17) is 9.47 Å². The van der Waals surface area contributed by atoms with Crippen LogP contribution in [0, 0.1) is 0 Å². The maximum atomic E-state index is 12.8. The Morgan fingerprint density at radius 2 is 2.03 bits per heavy atom. The van der Waals surface area contributed by atoms with E-state index in [0.29, 0.717) is 28.0 Å². The van der Waals surface area contributed by atoms with Crippen molar-refractivity contribution in [3.63, 3.8) is 0 Å². The SMILES string of the molecule is C=CCc1cccc(C[C@H](NC(=O)Cc2c(Br)[nH]c3ccc(OC)nc23)C(=O)OC)c1. The number of benzene rings is 1. The first-order valence-corrected chi connectivity index (χ1v) is 10.5. The number of methoxy groups -OCH3 is 2. The number of amides is 1. The Labute approximate surface area is 189 Å². The van der Waals surface area contributed by atoms with Crippen molar-refractivity contribution in [1.82, 2.24) is 15.3 Å². The molecule has 0 spiro atoms. The van der Waals surface area contributed by atoms with Crippen LogP contribution in [0.3, 0.4) is 0 Å². The Morgan fingerprint density at radius 3 is 2.74 bits per heavy atom. The van der Waals surface area contributed by atoms with E-state index >= 15 is 0 Å². The lowest BCUT2D eigenvalue weighted by atomic mass is 10.0. The molecule has 2 heterocycles. The van der Waals surface area contributed by atoms with E-state index in [1.54, 1.807) is 6.07 Å². The Kier molecular flexibility index (Phi) is 7.46. The van der Waals surface area contributed by atoms with Crippen LogP contribution >= 0.6 is 15.9 Å². The topological polar surface area (TPSA) is 93.3 Å². The highest BCUT2D eigenvalue weighted by molar-refractivity contribution is 9.10. The fraction of sp³-hybridized carbons (Fsp3) is 0.261. The Morgan fingerprint density at radius 1 is 1.26 bits per heavy atom. The van der Waals surface area contributed by atoms with Gasteiger partial charge in [-0.15, -0.1) is 6.58 Å². The highest BCUT2D eigenvalue weighted by atomic mass is 79.9. The molecule has 162 valence electrons. The van der Waals surface area contributed by atoms with Gasteiger partial charge in [0, 0.05) is 18.1 Å². The molecule has 0 radical (unpaired) electrons. The van der Waals surface area contributed by atoms with Crippen LogP contribution in [0.4, 0.5) is 0 Å². The van der Waals surface area contributed by atoms with Gasteiger partial charge in [-0.1, -0.05) is 30.3 Å². The molecular weight excluding hydrogens is 462 g/mol. The molecule has 0 fully saturated rings. The minimum Gasteiger partial charge on any atom is -0.481 e. The van der Waals surface area contributed by atoms with Gasteiger partial charge in [0.05, 0.1) is 36.3 Å². The Balaban J connectivity index is 1.78. The summed E-state index contributed by atoms with van der Waals surface area (Å²) in [7, 11) is 2.84. The number of halogens is 1. The van der Waals surface area contributed by atoms with Crippen LogP contribution in [-0.4, -0.2) is 42.1 Å². The molecule has 2 N–H and O–H groups in total. The Hall–Kier alpha value is -3.13. The lowest BCUT2D eigenvalue weighted by molar-refractivity contribution is -0.145. The van der Waals surface area contributed by atoms with Crippen molar-refractivity contribution in [3.05, 3.63) is 70.3 Å². The van der Waals surface area contributed by atoms with Crippen molar-refractivity contribution >= 4 is 38.8 Å². The molecule has 7 nitrogen and oxygen atoms in total. The van der Waals surface area contributed by atoms with E-state index in [2.05, 4.69) is 37.8 Å². The van der Waals surface area contributed by atoms with Gasteiger partial charge in [-0.05, 0) is 39.5 Å². The normalized spacial score (nSPS) is 11.7. The van der Waals surface area contributed by atoms with Gasteiger partial charge >= 0.3 is 5.97 Å². The average Bonchev–Trinajstić information content (AvgIpc) is 3.07. The molecule has 1 amide bonds. The summed E-state index contributed by atoms with van der Waals surface area (Å²) in [5.41, 5.74) is 4.11. The van der Waals surface area contributed by atoms with Crippen molar-refractivity contribution in [2.75, 3.05) is 14.2 Å². The van der Waals surface area contributed by atoms with Gasteiger partial charge in [-0.2, -0.15) is 0 Å². The number of pyridine rings is 1. The van der Waals surface area contributed by atoms with Gasteiger partial charge in [0.15, 0.2) is 0 Å². The van der Waals surface area contributed by atoms with Crippen molar-refractivity contribution in [2.24, 2.45) is 0 Å². The number of esters is 1. The summed E-state index contributed by atoms with van der Waals surface area (Å²) in [5.74, 6) is -0.364. The summed E-state index contributed by atoms with van der Waals surface area (Å²) < 4.78 is 10.8. The smallest absolute Gasteiger partial charge is 0.328 e. The third-order valence-corrected chi connectivity index (χ3v) is 5.52. The van der Waals surface area contributed by atoms with Gasteiger partial charge in [0.1, 0.15) is 6.04 Å². The number of fused-ring (bicyclic) bond motifs is 1. The summed E-state index contributed by atoms with van der Waals surface area (Å²) in [6.07, 6.45) is 2.91. The summed E-state index contributed by atoms with van der Waals surface area (Å²) in [5, 5.41) is 2.80. The average molecular weight is 486 g/mol. The van der Waals surface area contributed by atoms with Gasteiger partial charge in [0.25, 0.3) is 0 Å². The molecule has 1 aromatic carbocycles. The first-order valence-electron chi connectivity index (χ1n) is 9.72. The molecule has 0 bridgehead atoms. The maximum Gasteiger partial charge on any atom is 0.328 e. The van der Waals surface area contributed by atoms with E-state index < -0.39 is 12.0 Å². The number of hydrogen-bond acceptors (Lipinski definition) is 5. The second-order valence-electron chi connectivity index (χ2n) is 7.00. The van der Waals surface area contributed by atoms with Gasteiger partial charge in [-0.25, -0.2) is 9.78 Å². The second kappa shape index (κ2) is 10.3. The van der Waals surface area contributed by atoms with Crippen LogP contribution in [0.25, 0.3) is 11.0 Å². The standard InChI is InChI=1S/C23H24BrN3O4/c1-4-6-14-7-5-8-15(11-14)12-18(23(29)31-3)25-19(28)13-16-21-17(26-22(16)24)9-10-20(27-21)30-2/h4-5,7-11,18,26H,1,6,12-13H2,2-3H3,(H,25,28)/t18-/m0/s1. The molecule has 0 saturated heterocycles. The number of hydrogen-bond donors (Lipinski definition) is 2. The number of H-pyrrole nitrogens is 1. The number of aromatic amines is 1. The number of nitrogens with zero attached hydrogens (tertiary/aromatic N) is 1. The Bertz CT molecular complexity index is 1110. The minimum absolute atomic E-state index is 0.0325. The van der Waals surface area contributed by atoms with Crippen LogP contribution in [0.1, 0.15) is 16.7 Å². The summed E-state index contributed by atoms with van der Waals surface area (Å²) >= 11 is 3.45. The van der Waals surface area contributed by atoms with E-state index in [1.807, 2.05) is 36.4 Å². The van der Waals surface area contributed by atoms with E-state index in [0.717, 1.165) is 23.1 Å². The van der Waals surface area contributed by atoms with Gasteiger partial charge in [0.2, 0.25) is 11.8 Å². The fourth-order valence-electron chi connectivity index (χ4n) is 3.37. The lowest BCUT2D eigenvalue weighted by Crippen LogP contribution is -2.43.